The molecule has 0 aliphatic carbocycles. The van der Waals surface area contributed by atoms with E-state index in [2.05, 4.69) is 4.74 Å². The van der Waals surface area contributed by atoms with Crippen molar-refractivity contribution in [1.82, 2.24) is 0 Å². The second-order valence-electron chi connectivity index (χ2n) is 5.54. The monoisotopic (exact) mass is 308 g/mol. The van der Waals surface area contributed by atoms with E-state index in [9.17, 15) is 9.59 Å². The quantitative estimate of drug-likeness (QED) is 0.602. The first kappa shape index (κ1) is 16.7. The Labute approximate surface area is 136 Å². The number of esters is 1. The fourth-order valence-corrected chi connectivity index (χ4v) is 2.46. The fourth-order valence-electron chi connectivity index (χ4n) is 2.46. The lowest BCUT2D eigenvalue weighted by Crippen LogP contribution is -2.38. The van der Waals surface area contributed by atoms with Crippen LogP contribution < -0.4 is 0 Å². The van der Waals surface area contributed by atoms with Gasteiger partial charge in [0.25, 0.3) is 5.78 Å². The van der Waals surface area contributed by atoms with Crippen LogP contribution in [-0.4, -0.2) is 18.9 Å². The van der Waals surface area contributed by atoms with Crippen molar-refractivity contribution in [2.45, 2.75) is 18.8 Å². The van der Waals surface area contributed by atoms with Gasteiger partial charge in [0, 0.05) is 0 Å². The van der Waals surface area contributed by atoms with E-state index in [1.807, 2.05) is 72.8 Å². The molecule has 0 saturated heterocycles. The highest BCUT2D eigenvalue weighted by Gasteiger charge is 2.38. The van der Waals surface area contributed by atoms with Crippen molar-refractivity contribution in [3.8, 4) is 0 Å². The average Bonchev–Trinajstić information content (AvgIpc) is 2.61. The molecule has 118 valence electrons. The molecule has 3 heteroatoms. The Kier molecular flexibility index (Phi) is 5.47. The van der Waals surface area contributed by atoms with Crippen molar-refractivity contribution in [3.05, 3.63) is 77.9 Å². The summed E-state index contributed by atoms with van der Waals surface area (Å²) in [6.07, 6.45) is 4.29. The molecular formula is C20H20O3. The Bertz CT molecular complexity index is 689. The van der Waals surface area contributed by atoms with Gasteiger partial charge in [-0.2, -0.15) is 0 Å². The molecule has 0 fully saturated rings. The number of ether oxygens (including phenoxy) is 1. The van der Waals surface area contributed by atoms with E-state index in [0.717, 1.165) is 11.1 Å². The number of carbonyl (C=O) groups is 2. The van der Waals surface area contributed by atoms with Crippen molar-refractivity contribution < 1.29 is 14.3 Å². The maximum absolute atomic E-state index is 12.5. The molecule has 0 saturated carbocycles. The molecule has 0 spiro atoms. The van der Waals surface area contributed by atoms with Crippen LogP contribution in [-0.2, 0) is 19.7 Å². The molecule has 0 N–H and O–H groups in total. The van der Waals surface area contributed by atoms with Crippen LogP contribution in [0.25, 0.3) is 6.08 Å². The lowest BCUT2D eigenvalue weighted by atomic mass is 9.75. The minimum atomic E-state index is -0.945. The van der Waals surface area contributed by atoms with E-state index in [4.69, 9.17) is 0 Å². The lowest BCUT2D eigenvalue weighted by molar-refractivity contribution is -0.154. The molecule has 1 atom stereocenters. The van der Waals surface area contributed by atoms with Gasteiger partial charge in [-0.3, -0.25) is 4.79 Å². The zero-order chi connectivity index (χ0) is 16.7. The van der Waals surface area contributed by atoms with Crippen molar-refractivity contribution in [3.63, 3.8) is 0 Å². The number of allylic oxidation sites excluding steroid dienone is 1. The number of methoxy groups -OCH3 is 1. The first-order chi connectivity index (χ1) is 11.1. The predicted octanol–water partition coefficient (Wildman–Crippen LogP) is 3.79. The lowest BCUT2D eigenvalue weighted by Gasteiger charge is -2.26. The van der Waals surface area contributed by atoms with Crippen LogP contribution in [0.2, 0.25) is 0 Å². The summed E-state index contributed by atoms with van der Waals surface area (Å²) in [6.45, 7) is 1.77. The summed E-state index contributed by atoms with van der Waals surface area (Å²) in [7, 11) is 1.23. The largest absolute Gasteiger partial charge is 0.463 e. The minimum Gasteiger partial charge on any atom is -0.463 e. The summed E-state index contributed by atoms with van der Waals surface area (Å²) in [5.41, 5.74) is 0.904. The van der Waals surface area contributed by atoms with Gasteiger partial charge in [0.2, 0.25) is 0 Å². The molecule has 2 aromatic rings. The molecule has 2 rings (SSSR count). The van der Waals surface area contributed by atoms with E-state index in [1.165, 1.54) is 7.11 Å². The van der Waals surface area contributed by atoms with Crippen LogP contribution in [0.1, 0.15) is 24.5 Å². The molecule has 0 aromatic heterocycles. The highest BCUT2D eigenvalue weighted by atomic mass is 16.5. The standard InChI is InChI=1S/C20H20O3/c1-20(18(21)19(22)23-2,17-13-7-4-8-14-17)15-9-12-16-10-5-3-6-11-16/h3-14H,15H2,1-2H3/b12-9+. The van der Waals surface area contributed by atoms with E-state index in [1.54, 1.807) is 6.92 Å². The SMILES string of the molecule is COC(=O)C(=O)C(C)(C/C=C/c1ccccc1)c1ccccc1. The predicted molar refractivity (Wildman–Crippen MR) is 90.9 cm³/mol. The fraction of sp³-hybridized carbons (Fsp3) is 0.200. The summed E-state index contributed by atoms with van der Waals surface area (Å²) < 4.78 is 4.63. The second-order valence-corrected chi connectivity index (χ2v) is 5.54. The molecule has 0 aliphatic rings. The first-order valence-electron chi connectivity index (χ1n) is 7.48. The molecular weight excluding hydrogens is 288 g/mol. The minimum absolute atomic E-state index is 0.417. The van der Waals surface area contributed by atoms with Crippen LogP contribution in [0.5, 0.6) is 0 Å². The number of ketones is 1. The number of carbonyl (C=O) groups excluding carboxylic acids is 2. The number of benzene rings is 2. The van der Waals surface area contributed by atoms with Gasteiger partial charge in [-0.15, -0.1) is 0 Å². The van der Waals surface area contributed by atoms with Crippen LogP contribution in [0, 0.1) is 0 Å². The van der Waals surface area contributed by atoms with Crippen molar-refractivity contribution in [1.29, 1.82) is 0 Å². The molecule has 0 heterocycles. The Hall–Kier alpha value is -2.68. The van der Waals surface area contributed by atoms with Gasteiger partial charge in [0.15, 0.2) is 0 Å². The Morgan fingerprint density at radius 1 is 1.00 bits per heavy atom. The van der Waals surface area contributed by atoms with E-state index in [-0.39, 0.29) is 0 Å². The van der Waals surface area contributed by atoms with E-state index in [0.29, 0.717) is 6.42 Å². The van der Waals surface area contributed by atoms with Gasteiger partial charge in [0.05, 0.1) is 12.5 Å². The van der Waals surface area contributed by atoms with Gasteiger partial charge >= 0.3 is 5.97 Å². The van der Waals surface area contributed by atoms with Gasteiger partial charge < -0.3 is 4.74 Å². The Morgan fingerprint density at radius 3 is 2.13 bits per heavy atom. The second kappa shape index (κ2) is 7.54. The summed E-state index contributed by atoms with van der Waals surface area (Å²) in [4.78, 5) is 24.3. The average molecular weight is 308 g/mol. The first-order valence-corrected chi connectivity index (χ1v) is 7.48. The maximum Gasteiger partial charge on any atom is 0.375 e. The third-order valence-corrected chi connectivity index (χ3v) is 3.92. The number of rotatable bonds is 6. The van der Waals surface area contributed by atoms with Crippen LogP contribution in [0.4, 0.5) is 0 Å². The summed E-state index contributed by atoms with van der Waals surface area (Å²) >= 11 is 0. The highest BCUT2D eigenvalue weighted by Crippen LogP contribution is 2.30. The Morgan fingerprint density at radius 2 is 1.57 bits per heavy atom. The third-order valence-electron chi connectivity index (χ3n) is 3.92. The van der Waals surface area contributed by atoms with E-state index >= 15 is 0 Å². The molecule has 3 nitrogen and oxygen atoms in total. The smallest absolute Gasteiger partial charge is 0.375 e. The normalized spacial score (nSPS) is 13.5. The third kappa shape index (κ3) is 3.95. The highest BCUT2D eigenvalue weighted by molar-refractivity contribution is 6.37. The summed E-state index contributed by atoms with van der Waals surface area (Å²) in [5.74, 6) is -1.35. The Balaban J connectivity index is 2.29. The molecule has 0 bridgehead atoms. The van der Waals surface area contributed by atoms with Crippen molar-refractivity contribution >= 4 is 17.8 Å². The van der Waals surface area contributed by atoms with Gasteiger partial charge in [-0.25, -0.2) is 4.79 Å². The topological polar surface area (TPSA) is 43.4 Å². The number of Topliss-reactive ketones (excluding diaryl/α,β-unsaturated/α-hetero) is 1. The van der Waals surface area contributed by atoms with Crippen LogP contribution in [0.15, 0.2) is 66.7 Å². The maximum atomic E-state index is 12.5. The summed E-state index contributed by atoms with van der Waals surface area (Å²) in [5, 5.41) is 0. The zero-order valence-electron chi connectivity index (χ0n) is 13.4. The molecule has 1 unspecified atom stereocenters. The molecule has 23 heavy (non-hydrogen) atoms. The van der Waals surface area contributed by atoms with Crippen LogP contribution >= 0.6 is 0 Å². The van der Waals surface area contributed by atoms with Crippen molar-refractivity contribution in [2.24, 2.45) is 0 Å². The van der Waals surface area contributed by atoms with Gasteiger partial charge in [-0.1, -0.05) is 72.8 Å². The molecule has 0 radical (unpaired) electrons. The van der Waals surface area contributed by atoms with Gasteiger partial charge in [-0.05, 0) is 24.5 Å². The zero-order valence-corrected chi connectivity index (χ0v) is 13.4. The number of hydrogen-bond acceptors (Lipinski definition) is 3. The van der Waals surface area contributed by atoms with Crippen molar-refractivity contribution in [2.75, 3.05) is 7.11 Å². The van der Waals surface area contributed by atoms with E-state index < -0.39 is 17.2 Å². The molecule has 2 aromatic carbocycles. The van der Waals surface area contributed by atoms with Gasteiger partial charge in [0.1, 0.15) is 0 Å². The number of hydrogen-bond donors (Lipinski definition) is 0. The molecule has 0 aliphatic heterocycles. The van der Waals surface area contributed by atoms with Crippen LogP contribution in [0.3, 0.4) is 0 Å². The summed E-state index contributed by atoms with van der Waals surface area (Å²) in [6, 6.07) is 19.1. The molecule has 0 amide bonds.